The van der Waals surface area contributed by atoms with Gasteiger partial charge in [0.1, 0.15) is 0 Å². The van der Waals surface area contributed by atoms with Gasteiger partial charge < -0.3 is 19.5 Å². The van der Waals surface area contributed by atoms with Gasteiger partial charge in [-0.05, 0) is 48.5 Å². The molecule has 1 aliphatic heterocycles. The fourth-order valence-electron chi connectivity index (χ4n) is 3.67. The summed E-state index contributed by atoms with van der Waals surface area (Å²) in [7, 11) is -4.27. The Hall–Kier alpha value is -3.63. The van der Waals surface area contributed by atoms with Gasteiger partial charge in [-0.15, -0.1) is 0 Å². The van der Waals surface area contributed by atoms with Crippen LogP contribution in [0.15, 0.2) is 82.3 Å². The first-order valence-electron chi connectivity index (χ1n) is 10.7. The van der Waals surface area contributed by atoms with Crippen molar-refractivity contribution in [1.29, 1.82) is 0 Å². The first kappa shape index (κ1) is 24.5. The number of carbonyl (C=O) groups excluding carboxylic acids is 3. The molecule has 35 heavy (non-hydrogen) atoms. The third-order valence-corrected chi connectivity index (χ3v) is 7.71. The molecule has 9 nitrogen and oxygen atoms in total. The van der Waals surface area contributed by atoms with Crippen molar-refractivity contribution >= 4 is 39.2 Å². The van der Waals surface area contributed by atoms with Gasteiger partial charge in [0.05, 0.1) is 11.2 Å². The number of rotatable bonds is 6. The lowest BCUT2D eigenvalue weighted by molar-refractivity contribution is -0.132. The Morgan fingerprint density at radius 1 is 0.857 bits per heavy atom. The molecule has 1 N–H and O–H groups in total. The summed E-state index contributed by atoms with van der Waals surface area (Å²) in [6, 6.07) is 16.5. The summed E-state index contributed by atoms with van der Waals surface area (Å²) in [5, 5.41) is 0.952. The van der Waals surface area contributed by atoms with Crippen molar-refractivity contribution in [3.05, 3.63) is 89.3 Å². The van der Waals surface area contributed by atoms with Crippen molar-refractivity contribution in [2.75, 3.05) is 26.2 Å². The second-order valence-corrected chi connectivity index (χ2v) is 10.3. The zero-order valence-corrected chi connectivity index (χ0v) is 20.0. The number of sulfone groups is 1. The molecule has 1 aliphatic rings. The summed E-state index contributed by atoms with van der Waals surface area (Å²) < 4.78 is 32.0. The molecule has 3 aromatic rings. The summed E-state index contributed by atoms with van der Waals surface area (Å²) in [6.45, 7) is 0.578. The molecule has 0 radical (unpaired) electrons. The normalized spacial score (nSPS) is 14.9. The highest BCUT2D eigenvalue weighted by atomic mass is 35.5. The van der Waals surface area contributed by atoms with E-state index in [-0.39, 0.29) is 48.3 Å². The van der Waals surface area contributed by atoms with Crippen LogP contribution in [0.5, 0.6) is 0 Å². The van der Waals surface area contributed by atoms with E-state index < -0.39 is 27.0 Å². The molecule has 1 aromatic heterocycles. The maximum absolute atomic E-state index is 13.4. The van der Waals surface area contributed by atoms with E-state index in [9.17, 15) is 22.8 Å². The highest BCUT2D eigenvalue weighted by Crippen LogP contribution is 2.19. The molecule has 0 spiro atoms. The van der Waals surface area contributed by atoms with Crippen LogP contribution in [0.3, 0.4) is 0 Å². The Labute approximate surface area is 207 Å². The van der Waals surface area contributed by atoms with Crippen LogP contribution in [0.1, 0.15) is 20.9 Å². The van der Waals surface area contributed by atoms with Crippen molar-refractivity contribution < 1.29 is 27.2 Å². The minimum Gasteiger partial charge on any atom is -0.459 e. The van der Waals surface area contributed by atoms with Crippen molar-refractivity contribution in [2.45, 2.75) is 10.3 Å². The summed E-state index contributed by atoms with van der Waals surface area (Å²) in [4.78, 5) is 41.6. The van der Waals surface area contributed by atoms with Gasteiger partial charge in [-0.1, -0.05) is 29.8 Å². The van der Waals surface area contributed by atoms with Crippen molar-refractivity contribution in [1.82, 2.24) is 15.1 Å². The second-order valence-electron chi connectivity index (χ2n) is 7.81. The Morgan fingerprint density at radius 2 is 1.49 bits per heavy atom. The van der Waals surface area contributed by atoms with Crippen LogP contribution in [-0.2, 0) is 14.6 Å². The van der Waals surface area contributed by atoms with Gasteiger partial charge in [-0.25, -0.2) is 8.42 Å². The number of benzene rings is 2. The lowest BCUT2D eigenvalue weighted by Crippen LogP contribution is -2.57. The van der Waals surface area contributed by atoms with E-state index in [2.05, 4.69) is 5.32 Å². The number of amides is 3. The van der Waals surface area contributed by atoms with E-state index in [1.54, 1.807) is 18.2 Å². The quantitative estimate of drug-likeness (QED) is 0.539. The summed E-state index contributed by atoms with van der Waals surface area (Å²) in [5.41, 5.74) is 0.157. The molecule has 1 atom stereocenters. The number of halogens is 1. The zero-order valence-electron chi connectivity index (χ0n) is 18.5. The first-order valence-corrected chi connectivity index (χ1v) is 12.7. The number of hydrogen-bond donors (Lipinski definition) is 1. The number of piperazine rings is 1. The Morgan fingerprint density at radius 3 is 2.09 bits per heavy atom. The van der Waals surface area contributed by atoms with E-state index in [1.807, 2.05) is 0 Å². The van der Waals surface area contributed by atoms with Gasteiger partial charge in [0, 0.05) is 36.8 Å². The van der Waals surface area contributed by atoms with Crippen LogP contribution in [0.25, 0.3) is 0 Å². The van der Waals surface area contributed by atoms with Gasteiger partial charge in [-0.3, -0.25) is 14.4 Å². The molecule has 1 saturated heterocycles. The maximum atomic E-state index is 13.4. The van der Waals surface area contributed by atoms with Crippen LogP contribution >= 0.6 is 11.6 Å². The lowest BCUT2D eigenvalue weighted by Gasteiger charge is -2.36. The van der Waals surface area contributed by atoms with Crippen molar-refractivity contribution in [3.8, 4) is 0 Å². The molecule has 2 heterocycles. The molecule has 1 unspecified atom stereocenters. The van der Waals surface area contributed by atoms with Gasteiger partial charge in [-0.2, -0.15) is 0 Å². The lowest BCUT2D eigenvalue weighted by atomic mass is 10.2. The molecule has 182 valence electrons. The second kappa shape index (κ2) is 10.3. The Bertz CT molecular complexity index is 1300. The summed E-state index contributed by atoms with van der Waals surface area (Å²) in [5.74, 6) is -1.64. The number of hydrogen-bond acceptors (Lipinski definition) is 6. The van der Waals surface area contributed by atoms with E-state index in [0.717, 1.165) is 0 Å². The molecule has 0 aliphatic carbocycles. The number of nitrogens with one attached hydrogen (secondary N) is 1. The van der Waals surface area contributed by atoms with Gasteiger partial charge >= 0.3 is 0 Å². The van der Waals surface area contributed by atoms with E-state index in [0.29, 0.717) is 5.02 Å². The topological polar surface area (TPSA) is 117 Å². The molecule has 4 rings (SSSR count). The van der Waals surface area contributed by atoms with Crippen molar-refractivity contribution in [3.63, 3.8) is 0 Å². The molecule has 1 fully saturated rings. The fraction of sp³-hybridized carbons (Fsp3) is 0.208. The fourth-order valence-corrected chi connectivity index (χ4v) is 5.29. The van der Waals surface area contributed by atoms with E-state index in [4.69, 9.17) is 16.0 Å². The largest absolute Gasteiger partial charge is 0.459 e. The number of furan rings is 1. The average Bonchev–Trinajstić information content (AvgIpc) is 3.42. The van der Waals surface area contributed by atoms with Gasteiger partial charge in [0.15, 0.2) is 5.76 Å². The van der Waals surface area contributed by atoms with Gasteiger partial charge in [0.25, 0.3) is 17.7 Å². The minimum absolute atomic E-state index is 0.0959. The number of carbonyl (C=O) groups is 3. The minimum atomic E-state index is -4.27. The predicted molar refractivity (Wildman–Crippen MR) is 128 cm³/mol. The third-order valence-electron chi connectivity index (χ3n) is 5.59. The molecule has 0 bridgehead atoms. The third kappa shape index (κ3) is 5.39. The van der Waals surface area contributed by atoms with E-state index in [1.165, 1.54) is 64.6 Å². The summed E-state index contributed by atoms with van der Waals surface area (Å²) in [6.07, 6.45) is 1.40. The molecule has 0 saturated carbocycles. The average molecular weight is 516 g/mol. The Kier molecular flexibility index (Phi) is 7.23. The highest BCUT2D eigenvalue weighted by Gasteiger charge is 2.39. The molecular formula is C24H22ClN3O6S. The maximum Gasteiger partial charge on any atom is 0.289 e. The number of nitrogens with zero attached hydrogens (tertiary/aromatic N) is 2. The molecule has 2 aromatic carbocycles. The van der Waals surface area contributed by atoms with Crippen LogP contribution in [0.4, 0.5) is 0 Å². The molecule has 11 heteroatoms. The zero-order chi connectivity index (χ0) is 25.0. The highest BCUT2D eigenvalue weighted by molar-refractivity contribution is 7.92. The molecule has 3 amide bonds. The Balaban J connectivity index is 1.55. The van der Waals surface area contributed by atoms with Gasteiger partial charge in [0.2, 0.25) is 15.2 Å². The smallest absolute Gasteiger partial charge is 0.289 e. The van der Waals surface area contributed by atoms with Crippen molar-refractivity contribution in [2.24, 2.45) is 0 Å². The van der Waals surface area contributed by atoms with E-state index >= 15 is 0 Å². The van der Waals surface area contributed by atoms with Crippen LogP contribution < -0.4 is 5.32 Å². The SMILES string of the molecule is O=C(NC(C(=O)N1CCN(C(=O)c2ccco2)CC1)S(=O)(=O)c1ccccc1)c1ccc(Cl)cc1. The monoisotopic (exact) mass is 515 g/mol. The first-order chi connectivity index (χ1) is 16.8. The summed E-state index contributed by atoms with van der Waals surface area (Å²) >= 11 is 5.87. The standard InChI is InChI=1S/C24H22ClN3O6S/c25-18-10-8-17(9-11-18)21(29)26-22(35(32,33)19-5-2-1-3-6-19)24(31)28-14-12-27(13-15-28)23(30)20-7-4-16-34-20/h1-11,16,22H,12-15H2,(H,26,29). The van der Waals surface area contributed by atoms with Crippen LogP contribution in [0, 0.1) is 0 Å². The predicted octanol–water partition coefficient (Wildman–Crippen LogP) is 2.45. The van der Waals surface area contributed by atoms with Crippen LogP contribution in [0.2, 0.25) is 5.02 Å². The molecular weight excluding hydrogens is 494 g/mol. The van der Waals surface area contributed by atoms with Crippen LogP contribution in [-0.4, -0.2) is 67.5 Å².